The Morgan fingerprint density at radius 1 is 0.471 bits per heavy atom. The molecule has 2 N–H and O–H groups in total. The van der Waals surface area contributed by atoms with E-state index in [1.807, 2.05) is 6.08 Å². The highest BCUT2D eigenvalue weighted by Crippen LogP contribution is 2.34. The second kappa shape index (κ2) is 31.8. The summed E-state index contributed by atoms with van der Waals surface area (Å²) in [7, 11) is 3.89. The Bertz CT molecular complexity index is 3940. The Morgan fingerprint density at radius 3 is 1.38 bits per heavy atom. The van der Waals surface area contributed by atoms with Gasteiger partial charge < -0.3 is 29.2 Å². The van der Waals surface area contributed by atoms with Gasteiger partial charge in [-0.15, -0.1) is 40.8 Å². The molecule has 444 valence electrons. The number of aromatic nitrogens is 8. The number of aliphatic hydroxyl groups is 2. The minimum atomic E-state index is -0.521. The van der Waals surface area contributed by atoms with Crippen molar-refractivity contribution in [2.75, 3.05) is 41.2 Å². The van der Waals surface area contributed by atoms with Crippen LogP contribution in [0, 0.1) is 30.3 Å². The standard InChI is InChI=1S/2C20H17N3O5.C16H11N5O4.C4H6O.CH4/c1-28-20(25)15-6-4-5-13(11-15)19-14(9-10-24)12-17(21-22-19)16-7-2-3-8-18(16)23(26)27;1-28-20(25)15-6-4-5-13(11-15)17-12-14(9-10-24)19(22-21-17)16-7-2-3-8-18(16)23(26)27;1-25-16(22)11-6-4-5-10(9-11)14-17-19-15(20-18-14)12-7-2-3-8-13(12)21(23)24;1-2-4-5-3-1;/h2*2-8,11-12,24H,9-10H2,1H3;2-9H,1H3;1,3H,2,4H2;1H4. The number of methoxy groups -OCH3 is 3. The fourth-order valence-electron chi connectivity index (χ4n) is 8.26. The number of nitro groups is 3. The van der Waals surface area contributed by atoms with E-state index < -0.39 is 32.7 Å². The average molecular weight is 1180 g/mol. The molecular formula is C61H55N11O15. The molecule has 0 unspecified atom stereocenters. The quantitative estimate of drug-likeness (QED) is 0.0393. The predicted molar refractivity (Wildman–Crippen MR) is 316 cm³/mol. The topological polar surface area (TPSA) is 361 Å². The van der Waals surface area contributed by atoms with Gasteiger partial charge in [0, 0.05) is 54.5 Å². The molecule has 10 rings (SSSR count). The maximum Gasteiger partial charge on any atom is 0.337 e. The van der Waals surface area contributed by atoms with Crippen LogP contribution in [0.15, 0.2) is 170 Å². The van der Waals surface area contributed by atoms with E-state index in [4.69, 9.17) is 14.2 Å². The van der Waals surface area contributed by atoms with Gasteiger partial charge in [-0.3, -0.25) is 30.3 Å². The lowest BCUT2D eigenvalue weighted by Crippen LogP contribution is -2.04. The molecule has 0 saturated carbocycles. The number of hydrogen-bond acceptors (Lipinski definition) is 23. The number of para-hydroxylation sites is 3. The third-order valence-corrected chi connectivity index (χ3v) is 12.3. The van der Waals surface area contributed by atoms with Crippen molar-refractivity contribution in [3.8, 4) is 67.8 Å². The van der Waals surface area contributed by atoms with Crippen LogP contribution in [0.5, 0.6) is 0 Å². The largest absolute Gasteiger partial charge is 0.501 e. The fourth-order valence-corrected chi connectivity index (χ4v) is 8.26. The number of carbonyl (C=O) groups excluding carboxylic acids is 3. The summed E-state index contributed by atoms with van der Waals surface area (Å²) in [5, 5.41) is 85.1. The highest BCUT2D eigenvalue weighted by atomic mass is 16.6. The predicted octanol–water partition coefficient (Wildman–Crippen LogP) is 9.93. The molecule has 26 nitrogen and oxygen atoms in total. The van der Waals surface area contributed by atoms with Crippen LogP contribution in [0.1, 0.15) is 56.0 Å². The van der Waals surface area contributed by atoms with Gasteiger partial charge in [-0.05, 0) is 96.8 Å². The van der Waals surface area contributed by atoms with E-state index >= 15 is 0 Å². The minimum absolute atomic E-state index is 0. The summed E-state index contributed by atoms with van der Waals surface area (Å²) in [5.41, 5.74) is 6.40. The minimum Gasteiger partial charge on any atom is -0.501 e. The molecule has 0 saturated heterocycles. The first-order chi connectivity index (χ1) is 41.7. The molecule has 0 atom stereocenters. The molecule has 1 aliphatic heterocycles. The Hall–Kier alpha value is -11.5. The van der Waals surface area contributed by atoms with Gasteiger partial charge in [0.1, 0.15) is 17.0 Å². The molecule has 0 bridgehead atoms. The van der Waals surface area contributed by atoms with E-state index in [1.54, 1.807) is 140 Å². The Balaban J connectivity index is 0.000000199. The van der Waals surface area contributed by atoms with Crippen molar-refractivity contribution in [1.29, 1.82) is 0 Å². The number of esters is 3. The summed E-state index contributed by atoms with van der Waals surface area (Å²) in [6.45, 7) is 0.604. The molecule has 4 heterocycles. The lowest BCUT2D eigenvalue weighted by Gasteiger charge is -2.10. The van der Waals surface area contributed by atoms with E-state index in [1.165, 1.54) is 45.6 Å². The maximum absolute atomic E-state index is 11.8. The van der Waals surface area contributed by atoms with Crippen LogP contribution in [0.25, 0.3) is 67.8 Å². The third-order valence-electron chi connectivity index (χ3n) is 12.3. The molecule has 0 spiro atoms. The van der Waals surface area contributed by atoms with Crippen LogP contribution in [0.4, 0.5) is 17.1 Å². The summed E-state index contributed by atoms with van der Waals surface area (Å²) in [6.07, 6.45) is 5.38. The third kappa shape index (κ3) is 16.8. The van der Waals surface area contributed by atoms with Crippen molar-refractivity contribution >= 4 is 35.0 Å². The zero-order chi connectivity index (χ0) is 61.5. The van der Waals surface area contributed by atoms with Crippen molar-refractivity contribution in [2.24, 2.45) is 0 Å². The normalized spacial score (nSPS) is 10.8. The highest BCUT2D eigenvalue weighted by molar-refractivity contribution is 5.92. The van der Waals surface area contributed by atoms with Gasteiger partial charge in [0.2, 0.25) is 11.6 Å². The molecule has 0 amide bonds. The first kappa shape index (κ1) is 64.7. The van der Waals surface area contributed by atoms with E-state index in [2.05, 4.69) is 45.5 Å². The smallest absolute Gasteiger partial charge is 0.337 e. The average Bonchev–Trinajstić information content (AvgIpc) is 1.83. The van der Waals surface area contributed by atoms with Gasteiger partial charge in [-0.2, -0.15) is 0 Å². The van der Waals surface area contributed by atoms with Crippen LogP contribution < -0.4 is 0 Å². The SMILES string of the molecule is C.C1=COCC1.COC(=O)c1cccc(-c2cc(CCO)c(-c3ccccc3[N+](=O)[O-])nn2)c1.COC(=O)c1cccc(-c2nnc(-c3ccccc3[N+](=O)[O-])cc2CCO)c1.COC(=O)c1cccc(-c2nnc(-c3ccccc3[N+](=O)[O-])nn2)c1. The molecule has 0 aliphatic carbocycles. The van der Waals surface area contributed by atoms with Crippen LogP contribution in [-0.2, 0) is 31.8 Å². The van der Waals surface area contributed by atoms with Crippen molar-refractivity contribution in [2.45, 2.75) is 26.7 Å². The highest BCUT2D eigenvalue weighted by Gasteiger charge is 2.23. The number of hydrogen-bond donors (Lipinski definition) is 2. The molecule has 1 aliphatic rings. The van der Waals surface area contributed by atoms with E-state index in [0.717, 1.165) is 13.0 Å². The molecule has 3 aromatic heterocycles. The number of carbonyl (C=O) groups is 3. The van der Waals surface area contributed by atoms with Gasteiger partial charge in [0.15, 0.2) is 0 Å². The second-order valence-corrected chi connectivity index (χ2v) is 17.8. The van der Waals surface area contributed by atoms with Gasteiger partial charge in [-0.1, -0.05) is 80.2 Å². The van der Waals surface area contributed by atoms with Crippen molar-refractivity contribution in [3.05, 3.63) is 228 Å². The number of nitrogens with zero attached hydrogens (tertiary/aromatic N) is 11. The molecule has 9 aromatic rings. The number of ether oxygens (including phenoxy) is 4. The monoisotopic (exact) mass is 1180 g/mol. The second-order valence-electron chi connectivity index (χ2n) is 17.8. The fraction of sp³-hybridized carbons (Fsp3) is 0.164. The van der Waals surface area contributed by atoms with Crippen LogP contribution in [0.3, 0.4) is 0 Å². The number of aliphatic hydroxyl groups excluding tert-OH is 2. The Morgan fingerprint density at radius 2 is 0.885 bits per heavy atom. The van der Waals surface area contributed by atoms with Crippen molar-refractivity contribution < 1.29 is 58.3 Å². The zero-order valence-corrected chi connectivity index (χ0v) is 46.0. The first-order valence-corrected chi connectivity index (χ1v) is 25.8. The van der Waals surface area contributed by atoms with Crippen molar-refractivity contribution in [3.63, 3.8) is 0 Å². The summed E-state index contributed by atoms with van der Waals surface area (Å²) < 4.78 is 18.9. The van der Waals surface area contributed by atoms with Crippen LogP contribution in [0.2, 0.25) is 0 Å². The molecule has 0 radical (unpaired) electrons. The number of benzene rings is 6. The summed E-state index contributed by atoms with van der Waals surface area (Å²) in [4.78, 5) is 67.4. The molecule has 6 aromatic carbocycles. The summed E-state index contributed by atoms with van der Waals surface area (Å²) >= 11 is 0. The maximum atomic E-state index is 11.8. The van der Waals surface area contributed by atoms with Crippen molar-refractivity contribution in [1.82, 2.24) is 40.8 Å². The molecular weight excluding hydrogens is 1130 g/mol. The zero-order valence-electron chi connectivity index (χ0n) is 46.0. The summed E-state index contributed by atoms with van der Waals surface area (Å²) in [5.74, 6) is -1.20. The number of nitro benzene ring substituents is 3. The molecule has 87 heavy (non-hydrogen) atoms. The van der Waals surface area contributed by atoms with Gasteiger partial charge in [-0.25, -0.2) is 14.4 Å². The van der Waals surface area contributed by atoms with E-state index in [-0.39, 0.29) is 67.8 Å². The van der Waals surface area contributed by atoms with E-state index in [9.17, 15) is 54.9 Å². The Kier molecular flexibility index (Phi) is 23.6. The van der Waals surface area contributed by atoms with Gasteiger partial charge in [0.05, 0.1) is 88.2 Å². The van der Waals surface area contributed by atoms with E-state index in [0.29, 0.717) is 78.4 Å². The first-order valence-electron chi connectivity index (χ1n) is 25.8. The molecule has 26 heteroatoms. The van der Waals surface area contributed by atoms with Gasteiger partial charge >= 0.3 is 17.9 Å². The lowest BCUT2D eigenvalue weighted by molar-refractivity contribution is -0.384. The van der Waals surface area contributed by atoms with Gasteiger partial charge in [0.25, 0.3) is 17.1 Å². The van der Waals surface area contributed by atoms with Crippen LogP contribution in [-0.4, -0.2) is 125 Å². The molecule has 0 fully saturated rings. The lowest BCUT2D eigenvalue weighted by atomic mass is 10.00. The summed E-state index contributed by atoms with van der Waals surface area (Å²) in [6, 6.07) is 41.9. The number of rotatable bonds is 16. The van der Waals surface area contributed by atoms with Crippen LogP contribution >= 0.6 is 0 Å². The Labute approximate surface area is 496 Å².